The second-order valence-corrected chi connectivity index (χ2v) is 5.13. The first-order chi connectivity index (χ1) is 8.02. The van der Waals surface area contributed by atoms with Crippen LogP contribution in [-0.4, -0.2) is 52.1 Å². The average Bonchev–Trinajstić information content (AvgIpc) is 2.83. The summed E-state index contributed by atoms with van der Waals surface area (Å²) in [6.07, 6.45) is 2.68. The number of amides is 2. The van der Waals surface area contributed by atoms with Crippen molar-refractivity contribution >= 4 is 12.0 Å². The fourth-order valence-electron chi connectivity index (χ4n) is 2.92. The molecule has 3 unspecified atom stereocenters. The fraction of sp³-hybridized carbons (Fsp3) is 0.833. The van der Waals surface area contributed by atoms with Crippen LogP contribution in [0, 0.1) is 5.92 Å². The summed E-state index contributed by atoms with van der Waals surface area (Å²) in [7, 11) is 0. The monoisotopic (exact) mass is 240 g/mol. The molecule has 0 bridgehead atoms. The van der Waals surface area contributed by atoms with E-state index in [4.69, 9.17) is 5.11 Å². The second kappa shape index (κ2) is 4.55. The molecule has 0 aromatic rings. The smallest absolute Gasteiger partial charge is 0.320 e. The molecule has 5 heteroatoms. The van der Waals surface area contributed by atoms with E-state index in [0.29, 0.717) is 19.0 Å². The summed E-state index contributed by atoms with van der Waals surface area (Å²) in [6, 6.07) is 0.123. The Morgan fingerprint density at radius 3 is 2.29 bits per heavy atom. The maximum Gasteiger partial charge on any atom is 0.320 e. The van der Waals surface area contributed by atoms with Crippen LogP contribution >= 0.6 is 0 Å². The largest absolute Gasteiger partial charge is 0.481 e. The van der Waals surface area contributed by atoms with E-state index in [1.54, 1.807) is 4.90 Å². The predicted octanol–water partition coefficient (Wildman–Crippen LogP) is 1.39. The van der Waals surface area contributed by atoms with Gasteiger partial charge in [-0.2, -0.15) is 0 Å². The van der Waals surface area contributed by atoms with Gasteiger partial charge in [-0.25, -0.2) is 4.79 Å². The Labute approximate surface area is 101 Å². The molecule has 1 N–H and O–H groups in total. The molecule has 2 rings (SSSR count). The van der Waals surface area contributed by atoms with E-state index < -0.39 is 11.9 Å². The molecule has 2 aliphatic heterocycles. The lowest BCUT2D eigenvalue weighted by Gasteiger charge is -2.31. The number of rotatable bonds is 1. The van der Waals surface area contributed by atoms with Crippen molar-refractivity contribution in [2.75, 3.05) is 13.1 Å². The Balaban J connectivity index is 2.04. The van der Waals surface area contributed by atoms with E-state index in [-0.39, 0.29) is 12.1 Å². The third-order valence-corrected chi connectivity index (χ3v) is 4.12. The Kier molecular flexibility index (Phi) is 3.26. The van der Waals surface area contributed by atoms with Gasteiger partial charge in [-0.3, -0.25) is 4.79 Å². The lowest BCUT2D eigenvalue weighted by molar-refractivity contribution is -0.142. The van der Waals surface area contributed by atoms with Crippen LogP contribution < -0.4 is 0 Å². The first-order valence-corrected chi connectivity index (χ1v) is 6.32. The van der Waals surface area contributed by atoms with Gasteiger partial charge >= 0.3 is 12.0 Å². The van der Waals surface area contributed by atoms with Crippen LogP contribution in [0.4, 0.5) is 4.79 Å². The van der Waals surface area contributed by atoms with Gasteiger partial charge in [-0.1, -0.05) is 0 Å². The van der Waals surface area contributed by atoms with Crippen LogP contribution in [0.1, 0.15) is 33.1 Å². The van der Waals surface area contributed by atoms with Gasteiger partial charge in [0.2, 0.25) is 0 Å². The van der Waals surface area contributed by atoms with Crippen molar-refractivity contribution in [1.82, 2.24) is 9.80 Å². The van der Waals surface area contributed by atoms with Crippen molar-refractivity contribution in [2.45, 2.75) is 45.2 Å². The van der Waals surface area contributed by atoms with Crippen molar-refractivity contribution < 1.29 is 14.7 Å². The molecular weight excluding hydrogens is 220 g/mol. The number of hydrogen-bond acceptors (Lipinski definition) is 2. The zero-order valence-electron chi connectivity index (χ0n) is 10.4. The van der Waals surface area contributed by atoms with Crippen molar-refractivity contribution in [1.29, 1.82) is 0 Å². The molecule has 17 heavy (non-hydrogen) atoms. The molecule has 2 fully saturated rings. The van der Waals surface area contributed by atoms with Gasteiger partial charge < -0.3 is 14.9 Å². The van der Waals surface area contributed by atoms with Gasteiger partial charge in [0, 0.05) is 25.2 Å². The number of nitrogens with zero attached hydrogens (tertiary/aromatic N) is 2. The van der Waals surface area contributed by atoms with E-state index in [1.165, 1.54) is 0 Å². The summed E-state index contributed by atoms with van der Waals surface area (Å²) >= 11 is 0. The van der Waals surface area contributed by atoms with Gasteiger partial charge in [0.1, 0.15) is 0 Å². The molecule has 5 nitrogen and oxygen atoms in total. The van der Waals surface area contributed by atoms with Crippen LogP contribution in [0.5, 0.6) is 0 Å². The standard InChI is InChI=1S/C12H20N2O3/c1-8-4-3-6-13(8)12(17)14-7-5-10(9(14)2)11(15)16/h8-10H,3-7H2,1-2H3,(H,15,16). The molecule has 0 saturated carbocycles. The van der Waals surface area contributed by atoms with Gasteiger partial charge in [0.15, 0.2) is 0 Å². The Morgan fingerprint density at radius 2 is 1.82 bits per heavy atom. The maximum atomic E-state index is 12.3. The fourth-order valence-corrected chi connectivity index (χ4v) is 2.92. The SMILES string of the molecule is CC1CCCN1C(=O)N1CCC(C(=O)O)C1C. The Bertz CT molecular complexity index is 332. The number of likely N-dealkylation sites (tertiary alicyclic amines) is 2. The zero-order chi connectivity index (χ0) is 12.6. The minimum absolute atomic E-state index is 0.0197. The molecule has 2 heterocycles. The summed E-state index contributed by atoms with van der Waals surface area (Å²) < 4.78 is 0. The molecule has 3 atom stereocenters. The lowest BCUT2D eigenvalue weighted by Crippen LogP contribution is -2.47. The van der Waals surface area contributed by atoms with E-state index in [0.717, 1.165) is 19.4 Å². The van der Waals surface area contributed by atoms with Crippen molar-refractivity contribution in [3.63, 3.8) is 0 Å². The van der Waals surface area contributed by atoms with Crippen molar-refractivity contribution in [3.8, 4) is 0 Å². The highest BCUT2D eigenvalue weighted by Crippen LogP contribution is 2.27. The first-order valence-electron chi connectivity index (χ1n) is 6.32. The number of aliphatic carboxylic acids is 1. The normalized spacial score (nSPS) is 33.2. The minimum atomic E-state index is -0.790. The number of carboxylic acids is 1. The van der Waals surface area contributed by atoms with E-state index in [9.17, 15) is 9.59 Å². The van der Waals surface area contributed by atoms with Crippen molar-refractivity contribution in [3.05, 3.63) is 0 Å². The van der Waals surface area contributed by atoms with Gasteiger partial charge in [0.05, 0.1) is 5.92 Å². The lowest BCUT2D eigenvalue weighted by atomic mass is 10.0. The molecule has 2 amide bonds. The number of carbonyl (C=O) groups is 2. The summed E-state index contributed by atoms with van der Waals surface area (Å²) in [5, 5.41) is 9.05. The predicted molar refractivity (Wildman–Crippen MR) is 62.7 cm³/mol. The van der Waals surface area contributed by atoms with Gasteiger partial charge in [0.25, 0.3) is 0 Å². The zero-order valence-corrected chi connectivity index (χ0v) is 10.4. The number of carbonyl (C=O) groups excluding carboxylic acids is 1. The molecular formula is C12H20N2O3. The summed E-state index contributed by atoms with van der Waals surface area (Å²) in [4.78, 5) is 26.9. The number of hydrogen-bond donors (Lipinski definition) is 1. The van der Waals surface area contributed by atoms with Crippen LogP contribution in [0.25, 0.3) is 0 Å². The maximum absolute atomic E-state index is 12.3. The van der Waals surface area contributed by atoms with E-state index >= 15 is 0 Å². The Morgan fingerprint density at radius 1 is 1.12 bits per heavy atom. The van der Waals surface area contributed by atoms with Crippen LogP contribution in [0.15, 0.2) is 0 Å². The molecule has 0 aromatic heterocycles. The molecule has 0 aromatic carbocycles. The first kappa shape index (κ1) is 12.2. The van der Waals surface area contributed by atoms with Gasteiger partial charge in [-0.05, 0) is 33.1 Å². The van der Waals surface area contributed by atoms with Crippen LogP contribution in [0.2, 0.25) is 0 Å². The molecule has 0 radical (unpaired) electrons. The highest BCUT2D eigenvalue weighted by molar-refractivity contribution is 5.78. The van der Waals surface area contributed by atoms with Crippen LogP contribution in [-0.2, 0) is 4.79 Å². The summed E-state index contributed by atoms with van der Waals surface area (Å²) in [5.41, 5.74) is 0. The molecule has 2 saturated heterocycles. The Hall–Kier alpha value is -1.26. The number of urea groups is 1. The van der Waals surface area contributed by atoms with Crippen LogP contribution in [0.3, 0.4) is 0 Å². The highest BCUT2D eigenvalue weighted by Gasteiger charge is 2.40. The van der Waals surface area contributed by atoms with Crippen molar-refractivity contribution in [2.24, 2.45) is 5.92 Å². The topological polar surface area (TPSA) is 60.9 Å². The third kappa shape index (κ3) is 2.10. The molecule has 0 spiro atoms. The highest BCUT2D eigenvalue weighted by atomic mass is 16.4. The van der Waals surface area contributed by atoms with E-state index in [1.807, 2.05) is 11.8 Å². The molecule has 96 valence electrons. The summed E-state index contributed by atoms with van der Waals surface area (Å²) in [5.74, 6) is -1.20. The second-order valence-electron chi connectivity index (χ2n) is 5.13. The summed E-state index contributed by atoms with van der Waals surface area (Å²) in [6.45, 7) is 5.27. The third-order valence-electron chi connectivity index (χ3n) is 4.12. The molecule has 2 aliphatic rings. The van der Waals surface area contributed by atoms with E-state index in [2.05, 4.69) is 6.92 Å². The quantitative estimate of drug-likeness (QED) is 0.753. The minimum Gasteiger partial charge on any atom is -0.481 e. The number of carboxylic acid groups (broad SMARTS) is 1. The van der Waals surface area contributed by atoms with Gasteiger partial charge in [-0.15, -0.1) is 0 Å². The molecule has 0 aliphatic carbocycles. The average molecular weight is 240 g/mol.